The largest absolute Gasteiger partial charge is 0.496 e. The number of rotatable bonds is 3. The highest BCUT2D eigenvalue weighted by Gasteiger charge is 2.32. The molecule has 1 aromatic carbocycles. The summed E-state index contributed by atoms with van der Waals surface area (Å²) in [4.78, 5) is 14.7. The summed E-state index contributed by atoms with van der Waals surface area (Å²) < 4.78 is 11.3. The van der Waals surface area contributed by atoms with Crippen molar-refractivity contribution >= 4 is 6.03 Å². The van der Waals surface area contributed by atoms with Crippen LogP contribution in [0.1, 0.15) is 49.3 Å². The summed E-state index contributed by atoms with van der Waals surface area (Å²) in [7, 11) is 1.71. The van der Waals surface area contributed by atoms with Crippen molar-refractivity contribution in [1.29, 1.82) is 0 Å². The highest BCUT2D eigenvalue weighted by Crippen LogP contribution is 2.37. The van der Waals surface area contributed by atoms with Gasteiger partial charge in [-0.25, -0.2) is 4.79 Å². The lowest BCUT2D eigenvalue weighted by Crippen LogP contribution is -2.46. The Balaban J connectivity index is 1.33. The summed E-state index contributed by atoms with van der Waals surface area (Å²) in [5.41, 5.74) is 2.45. The smallest absolute Gasteiger partial charge is 0.317 e. The number of methoxy groups -OCH3 is 1. The third-order valence-electron chi connectivity index (χ3n) is 6.06. The molecule has 3 aliphatic rings. The van der Waals surface area contributed by atoms with Gasteiger partial charge in [0.2, 0.25) is 0 Å². The Kier molecular flexibility index (Phi) is 4.84. The molecular formula is C20H28N2O3. The van der Waals surface area contributed by atoms with Crippen molar-refractivity contribution in [3.63, 3.8) is 0 Å². The molecule has 5 heteroatoms. The van der Waals surface area contributed by atoms with Crippen LogP contribution >= 0.6 is 0 Å². The van der Waals surface area contributed by atoms with Crippen LogP contribution in [0.15, 0.2) is 18.2 Å². The lowest BCUT2D eigenvalue weighted by molar-refractivity contribution is 0.0370. The molecular weight excluding hydrogens is 316 g/mol. The number of fused-ring (bicyclic) bond motifs is 1. The van der Waals surface area contributed by atoms with Crippen LogP contribution in [0.25, 0.3) is 0 Å². The minimum Gasteiger partial charge on any atom is -0.496 e. The van der Waals surface area contributed by atoms with Crippen LogP contribution in [0.2, 0.25) is 0 Å². The van der Waals surface area contributed by atoms with Gasteiger partial charge in [0.1, 0.15) is 5.75 Å². The summed E-state index contributed by atoms with van der Waals surface area (Å²) in [5, 5.41) is 3.24. The molecule has 4 rings (SSSR count). The zero-order chi connectivity index (χ0) is 17.2. The molecule has 2 saturated heterocycles. The van der Waals surface area contributed by atoms with Crippen LogP contribution in [0, 0.1) is 5.92 Å². The Hall–Kier alpha value is -1.75. The van der Waals surface area contributed by atoms with Gasteiger partial charge < -0.3 is 19.7 Å². The first kappa shape index (κ1) is 16.7. The highest BCUT2D eigenvalue weighted by atomic mass is 16.5. The Morgan fingerprint density at radius 1 is 1.24 bits per heavy atom. The van der Waals surface area contributed by atoms with E-state index < -0.39 is 0 Å². The van der Waals surface area contributed by atoms with Gasteiger partial charge in [-0.2, -0.15) is 0 Å². The second-order valence-corrected chi connectivity index (χ2v) is 7.44. The molecule has 0 saturated carbocycles. The maximum Gasteiger partial charge on any atom is 0.317 e. The third-order valence-corrected chi connectivity index (χ3v) is 6.06. The molecule has 2 heterocycles. The van der Waals surface area contributed by atoms with Gasteiger partial charge in [-0.1, -0.05) is 12.1 Å². The van der Waals surface area contributed by atoms with Crippen molar-refractivity contribution in [2.75, 3.05) is 26.8 Å². The lowest BCUT2D eigenvalue weighted by atomic mass is 9.90. The quantitative estimate of drug-likeness (QED) is 0.915. The molecule has 0 aromatic heterocycles. The molecule has 0 radical (unpaired) electrons. The molecule has 25 heavy (non-hydrogen) atoms. The van der Waals surface area contributed by atoms with E-state index in [1.807, 2.05) is 17.0 Å². The second kappa shape index (κ2) is 7.24. The van der Waals surface area contributed by atoms with Crippen molar-refractivity contribution in [3.8, 4) is 5.75 Å². The number of ether oxygens (including phenoxy) is 2. The molecule has 1 aromatic rings. The number of hydrogen-bond acceptors (Lipinski definition) is 3. The van der Waals surface area contributed by atoms with Crippen LogP contribution < -0.4 is 10.1 Å². The fourth-order valence-corrected chi connectivity index (χ4v) is 4.65. The molecule has 0 spiro atoms. The van der Waals surface area contributed by atoms with Crippen molar-refractivity contribution < 1.29 is 14.3 Å². The first-order valence-corrected chi connectivity index (χ1v) is 9.59. The number of urea groups is 1. The molecule has 1 N–H and O–H groups in total. The molecule has 2 amide bonds. The van der Waals surface area contributed by atoms with Gasteiger partial charge >= 0.3 is 6.03 Å². The number of hydrogen-bond donors (Lipinski definition) is 1. The van der Waals surface area contributed by atoms with Crippen LogP contribution in [0.4, 0.5) is 4.79 Å². The van der Waals surface area contributed by atoms with Crippen LogP contribution in [-0.4, -0.2) is 43.8 Å². The molecule has 2 aliphatic heterocycles. The van der Waals surface area contributed by atoms with Crippen molar-refractivity contribution in [2.24, 2.45) is 5.92 Å². The minimum absolute atomic E-state index is 0.0754. The van der Waals surface area contributed by atoms with Crippen molar-refractivity contribution in [2.45, 2.75) is 50.7 Å². The van der Waals surface area contributed by atoms with E-state index >= 15 is 0 Å². The monoisotopic (exact) mass is 344 g/mol. The van der Waals surface area contributed by atoms with Crippen LogP contribution in [-0.2, 0) is 11.2 Å². The minimum atomic E-state index is 0.0754. The molecule has 0 bridgehead atoms. The van der Waals surface area contributed by atoms with E-state index in [-0.39, 0.29) is 12.1 Å². The maximum atomic E-state index is 12.7. The van der Waals surface area contributed by atoms with Crippen LogP contribution in [0.5, 0.6) is 5.75 Å². The molecule has 2 fully saturated rings. The topological polar surface area (TPSA) is 50.8 Å². The Labute approximate surface area is 149 Å². The lowest BCUT2D eigenvalue weighted by Gasteiger charge is -2.35. The molecule has 2 atom stereocenters. The fourth-order valence-electron chi connectivity index (χ4n) is 4.65. The predicted octanol–water partition coefficient (Wildman–Crippen LogP) is 3.28. The first-order chi connectivity index (χ1) is 12.3. The number of benzene rings is 1. The van der Waals surface area contributed by atoms with Gasteiger partial charge in [0.05, 0.1) is 19.3 Å². The predicted molar refractivity (Wildman–Crippen MR) is 95.9 cm³/mol. The van der Waals surface area contributed by atoms with E-state index in [2.05, 4.69) is 11.4 Å². The Morgan fingerprint density at radius 2 is 2.08 bits per heavy atom. The normalized spacial score (nSPS) is 26.5. The number of nitrogens with one attached hydrogen (secondary N) is 1. The Bertz CT molecular complexity index is 619. The van der Waals surface area contributed by atoms with Gasteiger partial charge in [-0.15, -0.1) is 0 Å². The molecule has 0 unspecified atom stereocenters. The summed E-state index contributed by atoms with van der Waals surface area (Å²) in [6.45, 7) is 2.60. The van der Waals surface area contributed by atoms with Gasteiger partial charge in [-0.3, -0.25) is 0 Å². The van der Waals surface area contributed by atoms with Crippen molar-refractivity contribution in [1.82, 2.24) is 10.2 Å². The molecule has 1 aliphatic carbocycles. The average Bonchev–Trinajstić information content (AvgIpc) is 3.32. The molecule has 136 valence electrons. The standard InChI is InChI=1S/C20H28N2O3/c1-24-19-5-2-4-15-16(19)7-8-17(15)21-20(23)22-11-9-14(10-12-22)18-6-3-13-25-18/h2,4-5,14,17-18H,3,6-13H2,1H3,(H,21,23)/t17-,18-/m0/s1. The summed E-state index contributed by atoms with van der Waals surface area (Å²) >= 11 is 0. The SMILES string of the molecule is COc1cccc2c1CC[C@@H]2NC(=O)N1CCC([C@@H]2CCCO2)CC1. The van der Waals surface area contributed by atoms with E-state index in [0.29, 0.717) is 12.0 Å². The van der Waals surface area contributed by atoms with Gasteiger partial charge in [0, 0.05) is 19.7 Å². The third kappa shape index (κ3) is 3.34. The average molecular weight is 344 g/mol. The van der Waals surface area contributed by atoms with E-state index in [4.69, 9.17) is 9.47 Å². The number of nitrogens with zero attached hydrogens (tertiary/aromatic N) is 1. The summed E-state index contributed by atoms with van der Waals surface area (Å²) in [6, 6.07) is 6.30. The number of carbonyl (C=O) groups is 1. The van der Waals surface area contributed by atoms with E-state index in [1.54, 1.807) is 7.11 Å². The van der Waals surface area contributed by atoms with Crippen molar-refractivity contribution in [3.05, 3.63) is 29.3 Å². The molecule has 5 nitrogen and oxygen atoms in total. The Morgan fingerprint density at radius 3 is 2.80 bits per heavy atom. The number of amides is 2. The number of likely N-dealkylation sites (tertiary alicyclic amines) is 1. The van der Waals surface area contributed by atoms with Crippen LogP contribution in [0.3, 0.4) is 0 Å². The van der Waals surface area contributed by atoms with Gasteiger partial charge in [-0.05, 0) is 61.6 Å². The van der Waals surface area contributed by atoms with Gasteiger partial charge in [0.15, 0.2) is 0 Å². The van der Waals surface area contributed by atoms with E-state index in [9.17, 15) is 4.79 Å². The first-order valence-electron chi connectivity index (χ1n) is 9.59. The number of carbonyl (C=O) groups excluding carboxylic acids is 1. The highest BCUT2D eigenvalue weighted by molar-refractivity contribution is 5.75. The summed E-state index contributed by atoms with van der Waals surface area (Å²) in [6.07, 6.45) is 6.85. The number of piperidine rings is 1. The second-order valence-electron chi connectivity index (χ2n) is 7.44. The maximum absolute atomic E-state index is 12.7. The van der Waals surface area contributed by atoms with E-state index in [1.165, 1.54) is 24.0 Å². The summed E-state index contributed by atoms with van der Waals surface area (Å²) in [5.74, 6) is 1.56. The zero-order valence-corrected chi connectivity index (χ0v) is 15.0. The fraction of sp³-hybridized carbons (Fsp3) is 0.650. The van der Waals surface area contributed by atoms with E-state index in [0.717, 1.165) is 51.1 Å². The van der Waals surface area contributed by atoms with Gasteiger partial charge in [0.25, 0.3) is 0 Å². The zero-order valence-electron chi connectivity index (χ0n) is 15.0.